The normalized spacial score (nSPS) is 11.6. The average Bonchev–Trinajstić information content (AvgIpc) is 2.76. The SMILES string of the molecule is CC(C)(C)c1csc(COc2ccccc2Br)n1. The predicted octanol–water partition coefficient (Wildman–Crippen LogP) is 4.78. The Balaban J connectivity index is 2.03. The molecule has 0 atom stereocenters. The summed E-state index contributed by atoms with van der Waals surface area (Å²) in [7, 11) is 0. The van der Waals surface area contributed by atoms with E-state index in [0.717, 1.165) is 20.9 Å². The Morgan fingerprint density at radius 1 is 1.28 bits per heavy atom. The molecule has 0 aliphatic rings. The fourth-order valence-electron chi connectivity index (χ4n) is 1.42. The molecule has 1 heterocycles. The van der Waals surface area contributed by atoms with Gasteiger partial charge in [-0.2, -0.15) is 0 Å². The summed E-state index contributed by atoms with van der Waals surface area (Å²) in [5.41, 5.74) is 1.22. The second-order valence-corrected chi connectivity index (χ2v) is 6.89. The highest BCUT2D eigenvalue weighted by Gasteiger charge is 2.17. The summed E-state index contributed by atoms with van der Waals surface area (Å²) < 4.78 is 6.72. The van der Waals surface area contributed by atoms with Gasteiger partial charge in [0.25, 0.3) is 0 Å². The maximum Gasteiger partial charge on any atom is 0.140 e. The molecule has 0 bridgehead atoms. The minimum atomic E-state index is 0.0993. The van der Waals surface area contributed by atoms with Gasteiger partial charge in [-0.05, 0) is 28.1 Å². The summed E-state index contributed by atoms with van der Waals surface area (Å²) >= 11 is 5.11. The van der Waals surface area contributed by atoms with E-state index in [1.165, 1.54) is 0 Å². The maximum absolute atomic E-state index is 5.75. The lowest BCUT2D eigenvalue weighted by atomic mass is 9.93. The lowest BCUT2D eigenvalue weighted by Gasteiger charge is -2.14. The molecule has 0 saturated carbocycles. The van der Waals surface area contributed by atoms with Crippen LogP contribution in [0, 0.1) is 0 Å². The first-order valence-corrected chi connectivity index (χ1v) is 7.46. The van der Waals surface area contributed by atoms with E-state index in [4.69, 9.17) is 4.74 Å². The van der Waals surface area contributed by atoms with Crippen molar-refractivity contribution in [2.75, 3.05) is 0 Å². The fourth-order valence-corrected chi connectivity index (χ4v) is 2.75. The van der Waals surface area contributed by atoms with Crippen molar-refractivity contribution >= 4 is 27.3 Å². The standard InChI is InChI=1S/C14H16BrNOS/c1-14(2,3)12-9-18-13(16-12)8-17-11-7-5-4-6-10(11)15/h4-7,9H,8H2,1-3H3. The lowest BCUT2D eigenvalue weighted by Crippen LogP contribution is -2.11. The second-order valence-electron chi connectivity index (χ2n) is 5.10. The number of nitrogens with zero attached hydrogens (tertiary/aromatic N) is 1. The van der Waals surface area contributed by atoms with Crippen molar-refractivity contribution in [2.24, 2.45) is 0 Å². The Bertz CT molecular complexity index is 531. The average molecular weight is 326 g/mol. The predicted molar refractivity (Wildman–Crippen MR) is 79.3 cm³/mol. The van der Waals surface area contributed by atoms with Gasteiger partial charge in [-0.3, -0.25) is 0 Å². The number of thiazole rings is 1. The smallest absolute Gasteiger partial charge is 0.140 e. The third kappa shape index (κ3) is 3.33. The van der Waals surface area contributed by atoms with E-state index in [1.807, 2.05) is 24.3 Å². The van der Waals surface area contributed by atoms with Crippen LogP contribution in [0.15, 0.2) is 34.1 Å². The molecule has 0 saturated heterocycles. The number of aromatic nitrogens is 1. The molecule has 0 aliphatic heterocycles. The monoisotopic (exact) mass is 325 g/mol. The van der Waals surface area contributed by atoms with Crippen molar-refractivity contribution in [3.63, 3.8) is 0 Å². The molecule has 0 amide bonds. The first kappa shape index (κ1) is 13.6. The molecule has 1 aromatic carbocycles. The van der Waals surface area contributed by atoms with E-state index in [-0.39, 0.29) is 5.41 Å². The molecule has 0 unspecified atom stereocenters. The summed E-state index contributed by atoms with van der Waals surface area (Å²) in [6.07, 6.45) is 0. The van der Waals surface area contributed by atoms with Crippen LogP contribution in [0.1, 0.15) is 31.5 Å². The van der Waals surface area contributed by atoms with Gasteiger partial charge < -0.3 is 4.74 Å². The summed E-state index contributed by atoms with van der Waals surface area (Å²) in [5.74, 6) is 0.852. The molecule has 0 fully saturated rings. The van der Waals surface area contributed by atoms with Crippen LogP contribution in [0.4, 0.5) is 0 Å². The number of para-hydroxylation sites is 1. The van der Waals surface area contributed by atoms with Crippen LogP contribution in [0.5, 0.6) is 5.75 Å². The zero-order chi connectivity index (χ0) is 13.2. The fraction of sp³-hybridized carbons (Fsp3) is 0.357. The third-order valence-corrected chi connectivity index (χ3v) is 3.99. The highest BCUT2D eigenvalue weighted by Crippen LogP contribution is 2.27. The minimum absolute atomic E-state index is 0.0993. The zero-order valence-corrected chi connectivity index (χ0v) is 13.1. The molecule has 2 aromatic rings. The quantitative estimate of drug-likeness (QED) is 0.810. The number of rotatable bonds is 3. The van der Waals surface area contributed by atoms with E-state index >= 15 is 0 Å². The first-order chi connectivity index (χ1) is 8.47. The number of hydrogen-bond acceptors (Lipinski definition) is 3. The molecule has 18 heavy (non-hydrogen) atoms. The second kappa shape index (κ2) is 5.41. The van der Waals surface area contributed by atoms with Crippen LogP contribution >= 0.6 is 27.3 Å². The minimum Gasteiger partial charge on any atom is -0.485 e. The summed E-state index contributed by atoms with van der Waals surface area (Å²) in [5, 5.41) is 3.12. The Kier molecular flexibility index (Phi) is 4.07. The zero-order valence-electron chi connectivity index (χ0n) is 10.7. The van der Waals surface area contributed by atoms with E-state index in [9.17, 15) is 0 Å². The van der Waals surface area contributed by atoms with Crippen molar-refractivity contribution in [1.29, 1.82) is 0 Å². The van der Waals surface area contributed by atoms with Crippen molar-refractivity contribution in [3.05, 3.63) is 44.8 Å². The molecule has 1 aromatic heterocycles. The molecular weight excluding hydrogens is 310 g/mol. The Hall–Kier alpha value is -0.870. The molecule has 96 valence electrons. The number of ether oxygens (including phenoxy) is 1. The highest BCUT2D eigenvalue weighted by atomic mass is 79.9. The molecule has 0 radical (unpaired) electrons. The Labute approximate surface area is 120 Å². The number of hydrogen-bond donors (Lipinski definition) is 0. The summed E-state index contributed by atoms with van der Waals surface area (Å²) in [6.45, 7) is 7.02. The number of benzene rings is 1. The Morgan fingerprint density at radius 3 is 2.61 bits per heavy atom. The third-order valence-electron chi connectivity index (χ3n) is 2.51. The molecule has 2 rings (SSSR count). The summed E-state index contributed by atoms with van der Waals surface area (Å²) in [4.78, 5) is 4.60. The van der Waals surface area contributed by atoms with Gasteiger partial charge in [0.05, 0.1) is 10.2 Å². The highest BCUT2D eigenvalue weighted by molar-refractivity contribution is 9.10. The van der Waals surface area contributed by atoms with Gasteiger partial charge >= 0.3 is 0 Å². The van der Waals surface area contributed by atoms with Crippen LogP contribution in [0.2, 0.25) is 0 Å². The molecule has 0 spiro atoms. The van der Waals surface area contributed by atoms with Gasteiger partial charge in [0, 0.05) is 10.8 Å². The van der Waals surface area contributed by atoms with E-state index in [1.54, 1.807) is 11.3 Å². The molecule has 4 heteroatoms. The van der Waals surface area contributed by atoms with Gasteiger partial charge in [0.1, 0.15) is 17.4 Å². The number of halogens is 1. The molecular formula is C14H16BrNOS. The van der Waals surface area contributed by atoms with Crippen LogP contribution in [0.3, 0.4) is 0 Å². The Morgan fingerprint density at radius 2 is 2.00 bits per heavy atom. The van der Waals surface area contributed by atoms with Crippen LogP contribution in [0.25, 0.3) is 0 Å². The van der Waals surface area contributed by atoms with Gasteiger partial charge in [-0.1, -0.05) is 32.9 Å². The van der Waals surface area contributed by atoms with Crippen LogP contribution in [-0.2, 0) is 12.0 Å². The van der Waals surface area contributed by atoms with Gasteiger partial charge in [-0.15, -0.1) is 11.3 Å². The molecule has 0 aliphatic carbocycles. The maximum atomic E-state index is 5.75. The largest absolute Gasteiger partial charge is 0.485 e. The molecule has 2 nitrogen and oxygen atoms in total. The van der Waals surface area contributed by atoms with Crippen LogP contribution in [-0.4, -0.2) is 4.98 Å². The van der Waals surface area contributed by atoms with Crippen LogP contribution < -0.4 is 4.74 Å². The molecule has 0 N–H and O–H groups in total. The van der Waals surface area contributed by atoms with Crippen molar-refractivity contribution < 1.29 is 4.74 Å². The van der Waals surface area contributed by atoms with Crippen molar-refractivity contribution in [3.8, 4) is 5.75 Å². The van der Waals surface area contributed by atoms with Gasteiger partial charge in [0.15, 0.2) is 0 Å². The van der Waals surface area contributed by atoms with Gasteiger partial charge in [-0.25, -0.2) is 4.98 Å². The van der Waals surface area contributed by atoms with E-state index < -0.39 is 0 Å². The first-order valence-electron chi connectivity index (χ1n) is 5.79. The van der Waals surface area contributed by atoms with E-state index in [0.29, 0.717) is 6.61 Å². The summed E-state index contributed by atoms with van der Waals surface area (Å²) in [6, 6.07) is 7.85. The van der Waals surface area contributed by atoms with E-state index in [2.05, 4.69) is 47.1 Å². The van der Waals surface area contributed by atoms with Crippen molar-refractivity contribution in [1.82, 2.24) is 4.98 Å². The van der Waals surface area contributed by atoms with Crippen molar-refractivity contribution in [2.45, 2.75) is 32.8 Å². The van der Waals surface area contributed by atoms with Gasteiger partial charge in [0.2, 0.25) is 0 Å². The lowest BCUT2D eigenvalue weighted by molar-refractivity contribution is 0.303. The topological polar surface area (TPSA) is 22.1 Å².